The molecule has 4 heteroatoms. The molecule has 0 heterocycles. The minimum atomic E-state index is -0.0740. The highest BCUT2D eigenvalue weighted by molar-refractivity contribution is 6.42. The lowest BCUT2D eigenvalue weighted by Crippen LogP contribution is -2.28. The minimum absolute atomic E-state index is 0.0528. The Hall–Kier alpha value is -2.29. The van der Waals surface area contributed by atoms with Gasteiger partial charge in [0.1, 0.15) is 0 Å². The summed E-state index contributed by atoms with van der Waals surface area (Å²) in [6, 6.07) is 23.6. The van der Waals surface area contributed by atoms with Crippen LogP contribution >= 0.6 is 23.2 Å². The SMILES string of the molecule is C[C@H](NC(=O)Cc1ccc(Cl)c(Cl)c1)c1ccc(-c2ccccc2)cc1. The molecule has 0 bridgehead atoms. The quantitative estimate of drug-likeness (QED) is 0.568. The molecule has 0 saturated heterocycles. The van der Waals surface area contributed by atoms with Gasteiger partial charge in [-0.15, -0.1) is 0 Å². The molecular weight excluding hydrogens is 365 g/mol. The van der Waals surface area contributed by atoms with Crippen LogP contribution in [0.3, 0.4) is 0 Å². The van der Waals surface area contributed by atoms with Crippen LogP contribution in [0.25, 0.3) is 11.1 Å². The second-order valence-corrected chi connectivity index (χ2v) is 7.02. The van der Waals surface area contributed by atoms with Crippen molar-refractivity contribution in [2.75, 3.05) is 0 Å². The number of carbonyl (C=O) groups excluding carboxylic acids is 1. The first-order valence-corrected chi connectivity index (χ1v) is 9.17. The predicted molar refractivity (Wildman–Crippen MR) is 109 cm³/mol. The monoisotopic (exact) mass is 383 g/mol. The Morgan fingerprint density at radius 3 is 2.19 bits per heavy atom. The average molecular weight is 384 g/mol. The smallest absolute Gasteiger partial charge is 0.224 e. The lowest BCUT2D eigenvalue weighted by molar-refractivity contribution is -0.121. The van der Waals surface area contributed by atoms with Crippen LogP contribution in [0.1, 0.15) is 24.1 Å². The van der Waals surface area contributed by atoms with Gasteiger partial charge in [-0.2, -0.15) is 0 Å². The number of halogens is 2. The molecule has 0 aliphatic carbocycles. The molecule has 0 unspecified atom stereocenters. The lowest BCUT2D eigenvalue weighted by Gasteiger charge is -2.15. The van der Waals surface area contributed by atoms with Crippen LogP contribution < -0.4 is 5.32 Å². The van der Waals surface area contributed by atoms with Crippen molar-refractivity contribution in [1.82, 2.24) is 5.32 Å². The van der Waals surface area contributed by atoms with Crippen LogP contribution in [0.4, 0.5) is 0 Å². The molecule has 132 valence electrons. The topological polar surface area (TPSA) is 29.1 Å². The van der Waals surface area contributed by atoms with Crippen molar-refractivity contribution in [1.29, 1.82) is 0 Å². The van der Waals surface area contributed by atoms with E-state index >= 15 is 0 Å². The largest absolute Gasteiger partial charge is 0.349 e. The fourth-order valence-corrected chi connectivity index (χ4v) is 3.13. The molecule has 1 amide bonds. The van der Waals surface area contributed by atoms with Crippen molar-refractivity contribution in [3.63, 3.8) is 0 Å². The van der Waals surface area contributed by atoms with E-state index in [4.69, 9.17) is 23.2 Å². The van der Waals surface area contributed by atoms with Crippen molar-refractivity contribution in [3.05, 3.63) is 94.0 Å². The Bertz CT molecular complexity index is 892. The highest BCUT2D eigenvalue weighted by atomic mass is 35.5. The fourth-order valence-electron chi connectivity index (χ4n) is 2.81. The summed E-state index contributed by atoms with van der Waals surface area (Å²) in [5.74, 6) is -0.0528. The molecule has 0 saturated carbocycles. The Kier molecular flexibility index (Phi) is 5.97. The Morgan fingerprint density at radius 1 is 0.885 bits per heavy atom. The molecule has 0 fully saturated rings. The third kappa shape index (κ3) is 4.66. The normalized spacial score (nSPS) is 11.8. The first-order valence-electron chi connectivity index (χ1n) is 8.41. The van der Waals surface area contributed by atoms with Gasteiger partial charge in [-0.05, 0) is 41.3 Å². The number of hydrogen-bond acceptors (Lipinski definition) is 1. The highest BCUT2D eigenvalue weighted by Crippen LogP contribution is 2.24. The number of benzene rings is 3. The third-order valence-corrected chi connectivity index (χ3v) is 4.98. The molecule has 0 spiro atoms. The number of amides is 1. The molecule has 0 aliphatic rings. The summed E-state index contributed by atoms with van der Waals surface area (Å²) in [4.78, 5) is 12.3. The van der Waals surface area contributed by atoms with Crippen LogP contribution in [0.15, 0.2) is 72.8 Å². The Morgan fingerprint density at radius 2 is 1.54 bits per heavy atom. The minimum Gasteiger partial charge on any atom is -0.349 e. The molecule has 1 N–H and O–H groups in total. The molecule has 3 rings (SSSR count). The first kappa shape index (κ1) is 18.5. The molecule has 0 aliphatic heterocycles. The van der Waals surface area contributed by atoms with Gasteiger partial charge in [-0.1, -0.05) is 83.9 Å². The molecule has 0 radical (unpaired) electrons. The predicted octanol–water partition coefficient (Wildman–Crippen LogP) is 6.08. The van der Waals surface area contributed by atoms with E-state index in [2.05, 4.69) is 29.6 Å². The van der Waals surface area contributed by atoms with E-state index < -0.39 is 0 Å². The summed E-state index contributed by atoms with van der Waals surface area (Å²) in [7, 11) is 0. The summed E-state index contributed by atoms with van der Waals surface area (Å²) in [5.41, 5.74) is 4.23. The van der Waals surface area contributed by atoms with E-state index in [9.17, 15) is 4.79 Å². The van der Waals surface area contributed by atoms with Crippen LogP contribution in [-0.4, -0.2) is 5.91 Å². The second kappa shape index (κ2) is 8.39. The van der Waals surface area contributed by atoms with Crippen LogP contribution in [0.5, 0.6) is 0 Å². The van der Waals surface area contributed by atoms with E-state index in [1.54, 1.807) is 12.1 Å². The van der Waals surface area contributed by atoms with Gasteiger partial charge < -0.3 is 5.32 Å². The lowest BCUT2D eigenvalue weighted by atomic mass is 10.0. The first-order chi connectivity index (χ1) is 12.5. The zero-order valence-electron chi connectivity index (χ0n) is 14.4. The number of nitrogens with one attached hydrogen (secondary N) is 1. The van der Waals surface area contributed by atoms with Crippen molar-refractivity contribution in [2.45, 2.75) is 19.4 Å². The van der Waals surface area contributed by atoms with Gasteiger partial charge >= 0.3 is 0 Å². The summed E-state index contributed by atoms with van der Waals surface area (Å²) >= 11 is 11.9. The zero-order valence-corrected chi connectivity index (χ0v) is 15.9. The summed E-state index contributed by atoms with van der Waals surface area (Å²) < 4.78 is 0. The maximum atomic E-state index is 12.3. The van der Waals surface area contributed by atoms with Crippen LogP contribution in [0.2, 0.25) is 10.0 Å². The van der Waals surface area contributed by atoms with Crippen LogP contribution in [0, 0.1) is 0 Å². The maximum absolute atomic E-state index is 12.3. The standard InChI is InChI=1S/C22H19Cl2NO/c1-15(25-22(26)14-16-7-12-20(23)21(24)13-16)17-8-10-19(11-9-17)18-5-3-2-4-6-18/h2-13,15H,14H2,1H3,(H,25,26)/t15-/m0/s1. The van der Waals surface area contributed by atoms with Gasteiger partial charge in [-0.3, -0.25) is 4.79 Å². The third-order valence-electron chi connectivity index (χ3n) is 4.24. The number of rotatable bonds is 5. The molecule has 3 aromatic rings. The van der Waals surface area contributed by atoms with Crippen LogP contribution in [-0.2, 0) is 11.2 Å². The summed E-state index contributed by atoms with van der Waals surface area (Å²) in [6.07, 6.45) is 0.267. The van der Waals surface area contributed by atoms with Crippen molar-refractivity contribution < 1.29 is 4.79 Å². The molecule has 2 nitrogen and oxygen atoms in total. The fraction of sp³-hybridized carbons (Fsp3) is 0.136. The molecule has 0 aromatic heterocycles. The Balaban J connectivity index is 1.63. The number of hydrogen-bond donors (Lipinski definition) is 1. The van der Waals surface area contributed by atoms with Crippen molar-refractivity contribution in [2.24, 2.45) is 0 Å². The van der Waals surface area contributed by atoms with E-state index in [-0.39, 0.29) is 18.4 Å². The molecular formula is C22H19Cl2NO. The number of carbonyl (C=O) groups is 1. The van der Waals surface area contributed by atoms with E-state index in [0.717, 1.165) is 16.7 Å². The van der Waals surface area contributed by atoms with E-state index in [0.29, 0.717) is 10.0 Å². The Labute approximate surface area is 163 Å². The van der Waals surface area contributed by atoms with E-state index in [1.165, 1.54) is 5.56 Å². The molecule has 1 atom stereocenters. The van der Waals surface area contributed by atoms with Crippen molar-refractivity contribution in [3.8, 4) is 11.1 Å². The van der Waals surface area contributed by atoms with Gasteiger partial charge in [0.05, 0.1) is 22.5 Å². The van der Waals surface area contributed by atoms with Gasteiger partial charge in [0.2, 0.25) is 5.91 Å². The van der Waals surface area contributed by atoms with Gasteiger partial charge in [0, 0.05) is 0 Å². The molecule has 3 aromatic carbocycles. The molecule has 26 heavy (non-hydrogen) atoms. The van der Waals surface area contributed by atoms with Crippen molar-refractivity contribution >= 4 is 29.1 Å². The van der Waals surface area contributed by atoms with Gasteiger partial charge in [0.25, 0.3) is 0 Å². The summed E-state index contributed by atoms with van der Waals surface area (Å²) in [6.45, 7) is 1.98. The van der Waals surface area contributed by atoms with E-state index in [1.807, 2.05) is 43.3 Å². The highest BCUT2D eigenvalue weighted by Gasteiger charge is 2.11. The van der Waals surface area contributed by atoms with Gasteiger partial charge in [-0.25, -0.2) is 0 Å². The van der Waals surface area contributed by atoms with Gasteiger partial charge in [0.15, 0.2) is 0 Å². The average Bonchev–Trinajstić information content (AvgIpc) is 2.65. The summed E-state index contributed by atoms with van der Waals surface area (Å²) in [5, 5.41) is 3.97. The zero-order chi connectivity index (χ0) is 18.5. The second-order valence-electron chi connectivity index (χ2n) is 6.20. The maximum Gasteiger partial charge on any atom is 0.224 e.